The SMILES string of the molecule is CCc1ccc(On2pn[pH][nH][pH]2)cc1. The van der Waals surface area contributed by atoms with Gasteiger partial charge in [0.2, 0.25) is 0 Å². The minimum absolute atomic E-state index is 0.483. The Morgan fingerprint density at radius 1 is 1.47 bits per heavy atom. The van der Waals surface area contributed by atoms with E-state index in [1.54, 1.807) is 4.26 Å². The number of hydrogen-bond acceptors (Lipinski definition) is 2. The van der Waals surface area contributed by atoms with Crippen molar-refractivity contribution in [2.75, 3.05) is 0 Å². The van der Waals surface area contributed by atoms with Crippen molar-refractivity contribution >= 4 is 25.5 Å². The largest absolute Gasteiger partial charge is 0.366 e. The fourth-order valence-corrected chi connectivity index (χ4v) is 4.16. The van der Waals surface area contributed by atoms with Crippen LogP contribution in [0.3, 0.4) is 0 Å². The van der Waals surface area contributed by atoms with Gasteiger partial charge in [0.05, 0.1) is 8.51 Å². The first-order valence-electron chi connectivity index (χ1n) is 4.62. The van der Waals surface area contributed by atoms with Crippen molar-refractivity contribution in [1.29, 1.82) is 0 Å². The number of rotatable bonds is 3. The number of nitrogens with one attached hydrogen (secondary N) is 1. The second-order valence-electron chi connectivity index (χ2n) is 2.90. The van der Waals surface area contributed by atoms with Gasteiger partial charge in [0.15, 0.2) is 14.3 Å². The third-order valence-electron chi connectivity index (χ3n) is 1.91. The summed E-state index contributed by atoms with van der Waals surface area (Å²) in [6.07, 6.45) is 1.06. The number of benzene rings is 1. The van der Waals surface area contributed by atoms with E-state index in [1.165, 1.54) is 5.56 Å². The molecule has 0 aliphatic carbocycles. The van der Waals surface area contributed by atoms with Crippen molar-refractivity contribution in [2.24, 2.45) is 0 Å². The second-order valence-corrected chi connectivity index (χ2v) is 6.47. The Bertz CT molecular complexity index is 423. The molecule has 80 valence electrons. The summed E-state index contributed by atoms with van der Waals surface area (Å²) in [7, 11) is 1.87. The molecule has 1 N–H and O–H groups in total. The van der Waals surface area contributed by atoms with Gasteiger partial charge in [0.25, 0.3) is 0 Å². The quantitative estimate of drug-likeness (QED) is 0.918. The van der Waals surface area contributed by atoms with Crippen LogP contribution in [0.4, 0.5) is 0 Å². The standard InChI is InChI=1S/C8H12N3OP3/c1-2-7-3-5-8(6-4-7)12-11-14-9-13-10-15-11/h3-6,9,13-14H,2H2,1H3. The van der Waals surface area contributed by atoms with Crippen LogP contribution in [0.15, 0.2) is 24.3 Å². The minimum atomic E-state index is 0.483. The summed E-state index contributed by atoms with van der Waals surface area (Å²) in [4.78, 5) is 5.64. The molecule has 0 bridgehead atoms. The molecule has 2 unspecified atom stereocenters. The molecule has 2 atom stereocenters. The third kappa shape index (κ3) is 3.14. The molecule has 0 radical (unpaired) electrons. The average molecular weight is 259 g/mol. The van der Waals surface area contributed by atoms with Gasteiger partial charge in [-0.1, -0.05) is 19.1 Å². The highest BCUT2D eigenvalue weighted by Gasteiger charge is 1.95. The number of aryl methyl sites for hydroxylation is 1. The summed E-state index contributed by atoms with van der Waals surface area (Å²) in [6, 6.07) is 8.17. The molecule has 0 saturated heterocycles. The van der Waals surface area contributed by atoms with Crippen LogP contribution < -0.4 is 4.84 Å². The van der Waals surface area contributed by atoms with Crippen molar-refractivity contribution in [3.8, 4) is 5.75 Å². The molecule has 0 spiro atoms. The van der Waals surface area contributed by atoms with Gasteiger partial charge in [-0.2, -0.15) is 4.51 Å². The van der Waals surface area contributed by atoms with Gasteiger partial charge in [0.1, 0.15) is 0 Å². The number of aromatic nitrogens is 3. The second kappa shape index (κ2) is 5.42. The molecule has 1 aromatic heterocycles. The zero-order valence-electron chi connectivity index (χ0n) is 8.27. The van der Waals surface area contributed by atoms with E-state index in [0.29, 0.717) is 17.0 Å². The lowest BCUT2D eigenvalue weighted by Crippen LogP contribution is -1.97. The van der Waals surface area contributed by atoms with E-state index in [2.05, 4.69) is 28.1 Å². The molecule has 0 fully saturated rings. The summed E-state index contributed by atoms with van der Waals surface area (Å²) in [5, 5.41) is 0. The van der Waals surface area contributed by atoms with Gasteiger partial charge in [-0.15, -0.1) is 4.26 Å². The molecule has 0 aliphatic heterocycles. The van der Waals surface area contributed by atoms with Crippen molar-refractivity contribution in [2.45, 2.75) is 13.3 Å². The Balaban J connectivity index is 2.11. The molecular formula is C8H12N3OP3. The van der Waals surface area contributed by atoms with Gasteiger partial charge in [-0.05, 0) is 24.1 Å². The molecule has 15 heavy (non-hydrogen) atoms. The Labute approximate surface area is 93.0 Å². The highest BCUT2D eigenvalue weighted by Crippen LogP contribution is 2.18. The lowest BCUT2D eigenvalue weighted by molar-refractivity contribution is 0.276. The van der Waals surface area contributed by atoms with Gasteiger partial charge >= 0.3 is 0 Å². The molecule has 7 heteroatoms. The normalized spacial score (nSPS) is 11.5. The number of hydrogen-bond donors (Lipinski definition) is 1. The average Bonchev–Trinajstić information content (AvgIpc) is 2.31. The first-order valence-corrected chi connectivity index (χ1v) is 7.31. The predicted molar refractivity (Wildman–Crippen MR) is 67.6 cm³/mol. The molecule has 2 aromatic rings. The van der Waals surface area contributed by atoms with E-state index in [1.807, 2.05) is 12.1 Å². The summed E-state index contributed by atoms with van der Waals surface area (Å²) >= 11 is 0. The van der Waals surface area contributed by atoms with E-state index in [-0.39, 0.29) is 0 Å². The van der Waals surface area contributed by atoms with E-state index < -0.39 is 0 Å². The molecule has 0 amide bonds. The van der Waals surface area contributed by atoms with Gasteiger partial charge in [-0.25, -0.2) is 0 Å². The number of H-pyrrole nitrogens is 1. The minimum Gasteiger partial charge on any atom is -0.366 e. The van der Waals surface area contributed by atoms with Crippen molar-refractivity contribution in [1.82, 2.24) is 13.3 Å². The molecule has 0 saturated carbocycles. The maximum atomic E-state index is 5.64. The predicted octanol–water partition coefficient (Wildman–Crippen LogP) is 3.38. The topological polar surface area (TPSA) is 42.8 Å². The molecule has 0 aliphatic rings. The van der Waals surface area contributed by atoms with Gasteiger partial charge in [-0.3, -0.25) is 0 Å². The maximum Gasteiger partial charge on any atom is 0.182 e. The molecule has 1 aromatic carbocycles. The molecule has 2 rings (SSSR count). The van der Waals surface area contributed by atoms with Crippen LogP contribution >= 0.6 is 25.5 Å². The van der Waals surface area contributed by atoms with Crippen molar-refractivity contribution < 1.29 is 4.84 Å². The molecule has 4 nitrogen and oxygen atoms in total. The van der Waals surface area contributed by atoms with Crippen LogP contribution in [-0.4, -0.2) is 13.3 Å². The summed E-state index contributed by atoms with van der Waals surface area (Å²) in [6.45, 7) is 2.14. The summed E-state index contributed by atoms with van der Waals surface area (Å²) < 4.78 is 9.15. The van der Waals surface area contributed by atoms with Crippen molar-refractivity contribution in [3.63, 3.8) is 0 Å². The summed E-state index contributed by atoms with van der Waals surface area (Å²) in [5.74, 6) is 0.870. The van der Waals surface area contributed by atoms with Crippen LogP contribution in [0.5, 0.6) is 5.75 Å². The van der Waals surface area contributed by atoms with Gasteiger partial charge in [0, 0.05) is 8.51 Å². The first kappa shape index (κ1) is 10.8. The Morgan fingerprint density at radius 2 is 2.27 bits per heavy atom. The van der Waals surface area contributed by atoms with Crippen LogP contribution in [0.1, 0.15) is 12.5 Å². The van der Waals surface area contributed by atoms with Crippen LogP contribution in [0, 0.1) is 0 Å². The number of aromatic amines is 1. The first-order chi connectivity index (χ1) is 7.38. The fraction of sp³-hybridized carbons (Fsp3) is 0.250. The Morgan fingerprint density at radius 3 is 2.87 bits per heavy atom. The zero-order valence-corrected chi connectivity index (χ0v) is 11.2. The van der Waals surface area contributed by atoms with Crippen molar-refractivity contribution in [3.05, 3.63) is 29.8 Å². The molecule has 1 heterocycles. The van der Waals surface area contributed by atoms with E-state index in [9.17, 15) is 0 Å². The van der Waals surface area contributed by atoms with E-state index in [0.717, 1.165) is 20.7 Å². The highest BCUT2D eigenvalue weighted by atomic mass is 31.1. The van der Waals surface area contributed by atoms with Crippen LogP contribution in [0.25, 0.3) is 0 Å². The zero-order chi connectivity index (χ0) is 10.5. The maximum absolute atomic E-state index is 5.64. The Hall–Kier alpha value is -0.680. The van der Waals surface area contributed by atoms with Gasteiger partial charge < -0.3 is 9.35 Å². The monoisotopic (exact) mass is 259 g/mol. The highest BCUT2D eigenvalue weighted by molar-refractivity contribution is 7.44. The smallest absolute Gasteiger partial charge is 0.182 e. The van der Waals surface area contributed by atoms with Crippen LogP contribution in [-0.2, 0) is 6.42 Å². The number of nitrogens with zero attached hydrogens (tertiary/aromatic N) is 2. The Kier molecular flexibility index (Phi) is 3.91. The molecular weight excluding hydrogens is 247 g/mol. The van der Waals surface area contributed by atoms with E-state index >= 15 is 0 Å². The van der Waals surface area contributed by atoms with Crippen LogP contribution in [0.2, 0.25) is 0 Å². The lowest BCUT2D eigenvalue weighted by Gasteiger charge is -2.06. The van der Waals surface area contributed by atoms with E-state index in [4.69, 9.17) is 4.84 Å². The fourth-order valence-electron chi connectivity index (χ4n) is 1.11. The third-order valence-corrected chi connectivity index (χ3v) is 4.65. The lowest BCUT2D eigenvalue weighted by atomic mass is 10.2. The summed E-state index contributed by atoms with van der Waals surface area (Å²) in [5.41, 5.74) is 1.32.